The highest BCUT2D eigenvalue weighted by molar-refractivity contribution is 5.83. The van der Waals surface area contributed by atoms with Crippen LogP contribution < -0.4 is 0 Å². The summed E-state index contributed by atoms with van der Waals surface area (Å²) in [5, 5.41) is 44.0. The third-order valence-electron chi connectivity index (χ3n) is 1.82. The largest absolute Gasteiger partial charge is 0.396 e. The first kappa shape index (κ1) is 13.5. The van der Waals surface area contributed by atoms with Gasteiger partial charge in [0.05, 0.1) is 6.61 Å². The van der Waals surface area contributed by atoms with Crippen LogP contribution in [0.25, 0.3) is 0 Å². The Kier molecular flexibility index (Phi) is 6.60. The highest BCUT2D eigenvalue weighted by Crippen LogP contribution is 2.04. The summed E-state index contributed by atoms with van der Waals surface area (Å²) >= 11 is 0. The van der Waals surface area contributed by atoms with E-state index in [0.717, 1.165) is 0 Å². The Morgan fingerprint density at radius 3 is 2.14 bits per heavy atom. The summed E-state index contributed by atoms with van der Waals surface area (Å²) in [4.78, 5) is 11.0. The molecule has 0 aromatic carbocycles. The predicted molar refractivity (Wildman–Crippen MR) is 46.4 cm³/mol. The lowest BCUT2D eigenvalue weighted by Crippen LogP contribution is -2.43. The van der Waals surface area contributed by atoms with Crippen LogP contribution in [0.3, 0.4) is 0 Å². The topological polar surface area (TPSA) is 118 Å². The molecule has 84 valence electrons. The lowest BCUT2D eigenvalue weighted by atomic mass is 10.0. The van der Waals surface area contributed by atoms with Crippen LogP contribution in [0.1, 0.15) is 12.8 Å². The van der Waals surface area contributed by atoms with Crippen LogP contribution in [0, 0.1) is 0 Å². The molecule has 6 heteroatoms. The van der Waals surface area contributed by atoms with Crippen LogP contribution in [-0.4, -0.2) is 62.8 Å². The van der Waals surface area contributed by atoms with Crippen molar-refractivity contribution >= 4 is 5.78 Å². The average Bonchev–Trinajstić information content (AvgIpc) is 2.22. The van der Waals surface area contributed by atoms with Gasteiger partial charge in [0.1, 0.15) is 18.3 Å². The molecule has 0 rings (SSSR count). The number of hydrogen-bond acceptors (Lipinski definition) is 6. The van der Waals surface area contributed by atoms with E-state index in [-0.39, 0.29) is 19.4 Å². The fraction of sp³-hybridized carbons (Fsp3) is 0.875. The Morgan fingerprint density at radius 2 is 1.71 bits per heavy atom. The van der Waals surface area contributed by atoms with E-state index >= 15 is 0 Å². The zero-order valence-corrected chi connectivity index (χ0v) is 7.70. The number of aliphatic hydroxyl groups is 5. The molecule has 0 spiro atoms. The summed E-state index contributed by atoms with van der Waals surface area (Å²) in [7, 11) is 0. The molecule has 0 fully saturated rings. The second kappa shape index (κ2) is 6.86. The van der Waals surface area contributed by atoms with Crippen LogP contribution >= 0.6 is 0 Å². The first-order valence-electron chi connectivity index (χ1n) is 4.33. The third kappa shape index (κ3) is 4.12. The van der Waals surface area contributed by atoms with Crippen LogP contribution in [0.4, 0.5) is 0 Å². The molecule has 6 nitrogen and oxygen atoms in total. The van der Waals surface area contributed by atoms with Gasteiger partial charge in [-0.2, -0.15) is 0 Å². The first-order chi connectivity index (χ1) is 6.54. The standard InChI is InChI=1S/C8H16O6/c9-3-1-2-5(11)7(13)8(14)6(12)4-10/h6-10,12-14H,1-4H2. The van der Waals surface area contributed by atoms with Crippen molar-refractivity contribution in [2.75, 3.05) is 13.2 Å². The normalized spacial score (nSPS) is 17.5. The Bertz CT molecular complexity index is 171. The van der Waals surface area contributed by atoms with Gasteiger partial charge in [-0.1, -0.05) is 0 Å². The SMILES string of the molecule is O=C(CCCO)C(O)C(O)C(O)CO. The first-order valence-corrected chi connectivity index (χ1v) is 4.33. The van der Waals surface area contributed by atoms with E-state index in [4.69, 9.17) is 25.5 Å². The van der Waals surface area contributed by atoms with E-state index < -0.39 is 30.7 Å². The molecular weight excluding hydrogens is 192 g/mol. The van der Waals surface area contributed by atoms with Crippen LogP contribution in [0.15, 0.2) is 0 Å². The number of aliphatic hydroxyl groups excluding tert-OH is 5. The maximum Gasteiger partial charge on any atom is 0.164 e. The van der Waals surface area contributed by atoms with E-state index in [1.807, 2.05) is 0 Å². The van der Waals surface area contributed by atoms with Crippen molar-refractivity contribution < 1.29 is 30.3 Å². The maximum absolute atomic E-state index is 11.0. The van der Waals surface area contributed by atoms with Crippen molar-refractivity contribution in [3.05, 3.63) is 0 Å². The second-order valence-electron chi connectivity index (χ2n) is 2.98. The zero-order valence-electron chi connectivity index (χ0n) is 7.70. The second-order valence-corrected chi connectivity index (χ2v) is 2.98. The zero-order chi connectivity index (χ0) is 11.1. The molecule has 3 atom stereocenters. The third-order valence-corrected chi connectivity index (χ3v) is 1.82. The van der Waals surface area contributed by atoms with Gasteiger partial charge in [0, 0.05) is 13.0 Å². The summed E-state index contributed by atoms with van der Waals surface area (Å²) in [5.74, 6) is -0.668. The lowest BCUT2D eigenvalue weighted by molar-refractivity contribution is -0.140. The van der Waals surface area contributed by atoms with Gasteiger partial charge in [0.25, 0.3) is 0 Å². The van der Waals surface area contributed by atoms with Crippen molar-refractivity contribution in [3.63, 3.8) is 0 Å². The van der Waals surface area contributed by atoms with Gasteiger partial charge in [0.15, 0.2) is 5.78 Å². The molecule has 5 N–H and O–H groups in total. The molecule has 0 aromatic rings. The Morgan fingerprint density at radius 1 is 1.14 bits per heavy atom. The number of hydrogen-bond donors (Lipinski definition) is 5. The minimum atomic E-state index is -1.72. The van der Waals surface area contributed by atoms with Crippen molar-refractivity contribution in [1.82, 2.24) is 0 Å². The molecule has 0 bridgehead atoms. The quantitative estimate of drug-likeness (QED) is 0.313. The molecule has 0 aliphatic rings. The molecule has 0 saturated heterocycles. The summed E-state index contributed by atoms with van der Waals surface area (Å²) in [6.07, 6.45) is -4.83. The molecule has 0 aliphatic carbocycles. The van der Waals surface area contributed by atoms with Gasteiger partial charge in [-0.05, 0) is 6.42 Å². The number of rotatable bonds is 7. The Labute approximate surface area is 81.4 Å². The van der Waals surface area contributed by atoms with E-state index in [9.17, 15) is 4.79 Å². The minimum Gasteiger partial charge on any atom is -0.396 e. The summed E-state index contributed by atoms with van der Waals surface area (Å²) in [5.41, 5.74) is 0. The molecule has 0 saturated carbocycles. The molecule has 0 heterocycles. The lowest BCUT2D eigenvalue weighted by Gasteiger charge is -2.20. The van der Waals surface area contributed by atoms with Crippen molar-refractivity contribution in [1.29, 1.82) is 0 Å². The average molecular weight is 208 g/mol. The van der Waals surface area contributed by atoms with Crippen LogP contribution in [0.5, 0.6) is 0 Å². The number of ketones is 1. The Hall–Kier alpha value is -0.530. The molecule has 14 heavy (non-hydrogen) atoms. The summed E-state index contributed by atoms with van der Waals surface area (Å²) < 4.78 is 0. The highest BCUT2D eigenvalue weighted by atomic mass is 16.4. The van der Waals surface area contributed by atoms with E-state index in [0.29, 0.717) is 0 Å². The molecule has 0 aromatic heterocycles. The number of carbonyl (C=O) groups excluding carboxylic acids is 1. The van der Waals surface area contributed by atoms with E-state index in [1.165, 1.54) is 0 Å². The molecular formula is C8H16O6. The fourth-order valence-corrected chi connectivity index (χ4v) is 0.910. The van der Waals surface area contributed by atoms with Gasteiger partial charge < -0.3 is 25.5 Å². The van der Waals surface area contributed by atoms with Gasteiger partial charge in [-0.3, -0.25) is 4.79 Å². The van der Waals surface area contributed by atoms with Gasteiger partial charge in [-0.25, -0.2) is 0 Å². The monoisotopic (exact) mass is 208 g/mol. The number of Topliss-reactive ketones (excluding diaryl/α,β-unsaturated/α-hetero) is 1. The smallest absolute Gasteiger partial charge is 0.164 e. The summed E-state index contributed by atoms with van der Waals surface area (Å²) in [6.45, 7) is -0.914. The fourth-order valence-electron chi connectivity index (χ4n) is 0.910. The van der Waals surface area contributed by atoms with E-state index in [2.05, 4.69) is 0 Å². The van der Waals surface area contributed by atoms with Crippen molar-refractivity contribution in [3.8, 4) is 0 Å². The predicted octanol–water partition coefficient (Wildman–Crippen LogP) is -2.60. The molecule has 0 amide bonds. The Balaban J connectivity index is 4.03. The van der Waals surface area contributed by atoms with Gasteiger partial charge >= 0.3 is 0 Å². The minimum absolute atomic E-state index is 0.0765. The molecule has 0 aliphatic heterocycles. The van der Waals surface area contributed by atoms with Gasteiger partial charge in [0.2, 0.25) is 0 Å². The maximum atomic E-state index is 11.0. The molecule has 3 unspecified atom stereocenters. The van der Waals surface area contributed by atoms with E-state index in [1.54, 1.807) is 0 Å². The van der Waals surface area contributed by atoms with Gasteiger partial charge in [-0.15, -0.1) is 0 Å². The van der Waals surface area contributed by atoms with Crippen molar-refractivity contribution in [2.24, 2.45) is 0 Å². The van der Waals surface area contributed by atoms with Crippen molar-refractivity contribution in [2.45, 2.75) is 31.2 Å². The molecule has 0 radical (unpaired) electrons. The van der Waals surface area contributed by atoms with Crippen LogP contribution in [-0.2, 0) is 4.79 Å². The summed E-state index contributed by atoms with van der Waals surface area (Å²) in [6, 6.07) is 0. The highest BCUT2D eigenvalue weighted by Gasteiger charge is 2.28. The number of carbonyl (C=O) groups is 1. The van der Waals surface area contributed by atoms with Crippen LogP contribution in [0.2, 0.25) is 0 Å².